The molecule has 1 N–H and O–H groups in total. The molecule has 0 aromatic heterocycles. The first kappa shape index (κ1) is 24.5. The van der Waals surface area contributed by atoms with Crippen LogP contribution in [0.1, 0.15) is 41.4 Å². The van der Waals surface area contributed by atoms with Crippen molar-refractivity contribution in [3.05, 3.63) is 77.9 Å². The predicted molar refractivity (Wildman–Crippen MR) is 137 cm³/mol. The number of aromatic hydroxyl groups is 1. The van der Waals surface area contributed by atoms with Crippen LogP contribution in [0.25, 0.3) is 0 Å². The standard InChI is InChI=1S/C28H38N4O2/c1-5-13-31-19-22(3)32(20-21(31)2)27(25-7-6-8-26(33)18-25)23-9-11-24(12-10-23)28(34)30-16-14-29(4)15-17-30/h5-12,18,21-22,27,33H,1,13-17,19-20H2,2-4H3. The zero-order valence-electron chi connectivity index (χ0n) is 20.7. The SMILES string of the molecule is C=CCN1CC(C)N(C(c2ccc(C(=O)N3CCN(C)CC3)cc2)c2cccc(O)c2)CC1C. The zero-order valence-corrected chi connectivity index (χ0v) is 20.7. The summed E-state index contributed by atoms with van der Waals surface area (Å²) in [6.45, 7) is 14.6. The molecule has 2 aromatic carbocycles. The number of phenolic OH excluding ortho intramolecular Hbond substituents is 1. The van der Waals surface area contributed by atoms with Gasteiger partial charge in [-0.05, 0) is 56.3 Å². The molecule has 6 heteroatoms. The Bertz CT molecular complexity index is 984. The zero-order chi connectivity index (χ0) is 24.2. The molecule has 182 valence electrons. The largest absolute Gasteiger partial charge is 0.508 e. The summed E-state index contributed by atoms with van der Waals surface area (Å²) >= 11 is 0. The van der Waals surface area contributed by atoms with Crippen LogP contribution in [0, 0.1) is 0 Å². The second-order valence-corrected chi connectivity index (χ2v) is 9.85. The Labute approximate surface area is 204 Å². The van der Waals surface area contributed by atoms with Crippen molar-refractivity contribution in [2.75, 3.05) is 52.9 Å². The molecule has 0 bridgehead atoms. The first-order chi connectivity index (χ1) is 16.4. The first-order valence-corrected chi connectivity index (χ1v) is 12.3. The van der Waals surface area contributed by atoms with Crippen LogP contribution in [0.15, 0.2) is 61.2 Å². The number of amides is 1. The van der Waals surface area contributed by atoms with Crippen molar-refractivity contribution in [1.29, 1.82) is 0 Å². The van der Waals surface area contributed by atoms with Crippen LogP contribution in [0.5, 0.6) is 5.75 Å². The van der Waals surface area contributed by atoms with Gasteiger partial charge in [0.25, 0.3) is 5.91 Å². The number of carbonyl (C=O) groups excluding carboxylic acids is 1. The van der Waals surface area contributed by atoms with E-state index in [9.17, 15) is 9.90 Å². The summed E-state index contributed by atoms with van der Waals surface area (Å²) in [7, 11) is 2.09. The lowest BCUT2D eigenvalue weighted by Crippen LogP contribution is -2.57. The van der Waals surface area contributed by atoms with E-state index in [1.165, 1.54) is 0 Å². The monoisotopic (exact) mass is 462 g/mol. The minimum Gasteiger partial charge on any atom is -0.508 e. The fourth-order valence-electron chi connectivity index (χ4n) is 5.28. The molecule has 1 amide bonds. The van der Waals surface area contributed by atoms with Gasteiger partial charge in [-0.3, -0.25) is 14.6 Å². The van der Waals surface area contributed by atoms with Gasteiger partial charge in [0.05, 0.1) is 6.04 Å². The van der Waals surface area contributed by atoms with Crippen molar-refractivity contribution in [3.63, 3.8) is 0 Å². The van der Waals surface area contributed by atoms with E-state index in [4.69, 9.17) is 0 Å². The summed E-state index contributed by atoms with van der Waals surface area (Å²) in [6.07, 6.45) is 1.97. The van der Waals surface area contributed by atoms with Gasteiger partial charge in [0.15, 0.2) is 0 Å². The second kappa shape index (κ2) is 10.7. The summed E-state index contributed by atoms with van der Waals surface area (Å²) in [6, 6.07) is 16.4. The fourth-order valence-corrected chi connectivity index (χ4v) is 5.28. The minimum atomic E-state index is 0.00298. The average molecular weight is 463 g/mol. The molecule has 2 fully saturated rings. The number of likely N-dealkylation sites (N-methyl/N-ethyl adjacent to an activating group) is 1. The topological polar surface area (TPSA) is 50.3 Å². The van der Waals surface area contributed by atoms with E-state index in [1.54, 1.807) is 6.07 Å². The first-order valence-electron chi connectivity index (χ1n) is 12.3. The summed E-state index contributed by atoms with van der Waals surface area (Å²) in [5.74, 6) is 0.379. The van der Waals surface area contributed by atoms with Crippen LogP contribution >= 0.6 is 0 Å². The number of rotatable bonds is 6. The lowest BCUT2D eigenvalue weighted by molar-refractivity contribution is 0.0306. The van der Waals surface area contributed by atoms with Gasteiger partial charge >= 0.3 is 0 Å². The molecule has 0 saturated carbocycles. The summed E-state index contributed by atoms with van der Waals surface area (Å²) in [5, 5.41) is 10.2. The second-order valence-electron chi connectivity index (χ2n) is 9.85. The van der Waals surface area contributed by atoms with E-state index in [0.29, 0.717) is 12.1 Å². The number of hydrogen-bond donors (Lipinski definition) is 1. The Kier molecular flexibility index (Phi) is 7.71. The van der Waals surface area contributed by atoms with Crippen LogP contribution in [-0.2, 0) is 0 Å². The Balaban J connectivity index is 1.61. The van der Waals surface area contributed by atoms with E-state index in [0.717, 1.165) is 62.5 Å². The van der Waals surface area contributed by atoms with Gasteiger partial charge < -0.3 is 14.9 Å². The lowest BCUT2D eigenvalue weighted by atomic mass is 9.92. The third-order valence-corrected chi connectivity index (χ3v) is 7.31. The number of nitrogens with zero attached hydrogens (tertiary/aromatic N) is 4. The number of hydrogen-bond acceptors (Lipinski definition) is 5. The van der Waals surface area contributed by atoms with Crippen molar-refractivity contribution in [2.24, 2.45) is 0 Å². The van der Waals surface area contributed by atoms with Gasteiger partial charge in [-0.15, -0.1) is 6.58 Å². The third kappa shape index (κ3) is 5.35. The van der Waals surface area contributed by atoms with Crippen LogP contribution in [-0.4, -0.2) is 95.6 Å². The van der Waals surface area contributed by atoms with Gasteiger partial charge in [0.1, 0.15) is 5.75 Å². The number of carbonyl (C=O) groups is 1. The maximum Gasteiger partial charge on any atom is 0.253 e. The molecule has 3 unspecified atom stereocenters. The molecule has 4 rings (SSSR count). The average Bonchev–Trinajstić information content (AvgIpc) is 2.83. The Morgan fingerprint density at radius 1 is 1.03 bits per heavy atom. The molecule has 2 aromatic rings. The van der Waals surface area contributed by atoms with Crippen molar-refractivity contribution in [2.45, 2.75) is 32.0 Å². The maximum atomic E-state index is 13.0. The molecule has 6 nitrogen and oxygen atoms in total. The lowest BCUT2D eigenvalue weighted by Gasteiger charge is -2.47. The Morgan fingerprint density at radius 2 is 1.74 bits per heavy atom. The smallest absolute Gasteiger partial charge is 0.253 e. The van der Waals surface area contributed by atoms with Crippen LogP contribution in [0.2, 0.25) is 0 Å². The normalized spacial score (nSPS) is 23.6. The van der Waals surface area contributed by atoms with Crippen LogP contribution in [0.3, 0.4) is 0 Å². The molecule has 3 atom stereocenters. The highest BCUT2D eigenvalue weighted by atomic mass is 16.3. The maximum absolute atomic E-state index is 13.0. The molecule has 0 radical (unpaired) electrons. The van der Waals surface area contributed by atoms with E-state index in [-0.39, 0.29) is 17.7 Å². The van der Waals surface area contributed by atoms with Crippen LogP contribution in [0.4, 0.5) is 0 Å². The third-order valence-electron chi connectivity index (χ3n) is 7.31. The molecular weight excluding hydrogens is 424 g/mol. The van der Waals surface area contributed by atoms with E-state index in [2.05, 4.69) is 60.4 Å². The van der Waals surface area contributed by atoms with E-state index < -0.39 is 0 Å². The molecule has 2 aliphatic rings. The van der Waals surface area contributed by atoms with Gasteiger partial charge in [0, 0.05) is 63.5 Å². The van der Waals surface area contributed by atoms with Gasteiger partial charge in [-0.1, -0.05) is 30.3 Å². The van der Waals surface area contributed by atoms with E-state index in [1.807, 2.05) is 35.2 Å². The van der Waals surface area contributed by atoms with Gasteiger partial charge in [-0.2, -0.15) is 0 Å². The van der Waals surface area contributed by atoms with Crippen molar-refractivity contribution >= 4 is 5.91 Å². The Hall–Kier alpha value is -2.67. The number of phenols is 1. The van der Waals surface area contributed by atoms with Gasteiger partial charge in [-0.25, -0.2) is 0 Å². The van der Waals surface area contributed by atoms with E-state index >= 15 is 0 Å². The highest BCUT2D eigenvalue weighted by Gasteiger charge is 2.34. The quantitative estimate of drug-likeness (QED) is 0.667. The highest BCUT2D eigenvalue weighted by molar-refractivity contribution is 5.94. The molecule has 2 heterocycles. The molecular formula is C28H38N4O2. The highest BCUT2D eigenvalue weighted by Crippen LogP contribution is 2.34. The number of piperazine rings is 2. The van der Waals surface area contributed by atoms with Crippen molar-refractivity contribution < 1.29 is 9.90 Å². The fraction of sp³-hybridized carbons (Fsp3) is 0.464. The van der Waals surface area contributed by atoms with Gasteiger partial charge in [0.2, 0.25) is 0 Å². The Morgan fingerprint density at radius 3 is 2.38 bits per heavy atom. The molecule has 0 aliphatic carbocycles. The molecule has 34 heavy (non-hydrogen) atoms. The summed E-state index contributed by atoms with van der Waals surface area (Å²) in [5.41, 5.74) is 2.94. The summed E-state index contributed by atoms with van der Waals surface area (Å²) in [4.78, 5) is 22.2. The molecule has 2 aliphatic heterocycles. The molecule has 2 saturated heterocycles. The van der Waals surface area contributed by atoms with Crippen molar-refractivity contribution in [1.82, 2.24) is 19.6 Å². The predicted octanol–water partition coefficient (Wildman–Crippen LogP) is 3.45. The summed E-state index contributed by atoms with van der Waals surface area (Å²) < 4.78 is 0. The van der Waals surface area contributed by atoms with Crippen LogP contribution < -0.4 is 0 Å². The minimum absolute atomic E-state index is 0.00298. The molecule has 0 spiro atoms. The van der Waals surface area contributed by atoms with Crippen molar-refractivity contribution in [3.8, 4) is 5.75 Å². The number of benzene rings is 2.